The summed E-state index contributed by atoms with van der Waals surface area (Å²) in [6, 6.07) is 11.5. The lowest BCUT2D eigenvalue weighted by Crippen LogP contribution is -2.62. The van der Waals surface area contributed by atoms with E-state index in [-0.39, 0.29) is 5.54 Å². The summed E-state index contributed by atoms with van der Waals surface area (Å²) in [4.78, 5) is 2.69. The first-order valence-corrected chi connectivity index (χ1v) is 7.50. The van der Waals surface area contributed by atoms with Crippen LogP contribution in [0, 0.1) is 5.92 Å². The van der Waals surface area contributed by atoms with Gasteiger partial charge in [-0.05, 0) is 31.7 Å². The molecule has 0 bridgehead atoms. The van der Waals surface area contributed by atoms with Gasteiger partial charge in [0.05, 0.1) is 0 Å². The molecule has 0 radical (unpaired) electrons. The lowest BCUT2D eigenvalue weighted by molar-refractivity contribution is 0.0199. The average molecular weight is 260 g/mol. The van der Waals surface area contributed by atoms with E-state index < -0.39 is 0 Å². The Balaban J connectivity index is 2.14. The van der Waals surface area contributed by atoms with Crippen molar-refractivity contribution in [1.82, 2.24) is 10.2 Å². The van der Waals surface area contributed by atoms with E-state index in [2.05, 4.69) is 68.2 Å². The third-order valence-corrected chi connectivity index (χ3v) is 4.10. The molecule has 0 saturated carbocycles. The van der Waals surface area contributed by atoms with Crippen LogP contribution in [0.25, 0.3) is 0 Å². The number of piperazine rings is 1. The van der Waals surface area contributed by atoms with Gasteiger partial charge in [0.15, 0.2) is 0 Å². The molecule has 1 heterocycles. The molecule has 1 unspecified atom stereocenters. The lowest BCUT2D eigenvalue weighted by Gasteiger charge is -2.49. The third kappa shape index (κ3) is 3.80. The largest absolute Gasteiger partial charge is 0.313 e. The van der Waals surface area contributed by atoms with Crippen molar-refractivity contribution in [3.63, 3.8) is 0 Å². The van der Waals surface area contributed by atoms with Crippen molar-refractivity contribution in [2.75, 3.05) is 13.1 Å². The Morgan fingerprint density at radius 2 is 1.95 bits per heavy atom. The molecule has 0 aromatic heterocycles. The molecule has 19 heavy (non-hydrogen) atoms. The van der Waals surface area contributed by atoms with Crippen molar-refractivity contribution in [2.45, 2.75) is 52.2 Å². The van der Waals surface area contributed by atoms with Gasteiger partial charge in [-0.15, -0.1) is 0 Å². The van der Waals surface area contributed by atoms with Gasteiger partial charge in [-0.25, -0.2) is 0 Å². The van der Waals surface area contributed by atoms with E-state index in [1.165, 1.54) is 12.0 Å². The molecule has 1 saturated heterocycles. The highest BCUT2D eigenvalue weighted by Gasteiger charge is 2.36. The van der Waals surface area contributed by atoms with Crippen LogP contribution in [0.15, 0.2) is 30.3 Å². The summed E-state index contributed by atoms with van der Waals surface area (Å²) in [5.41, 5.74) is 1.65. The van der Waals surface area contributed by atoms with Gasteiger partial charge < -0.3 is 5.32 Å². The Morgan fingerprint density at radius 1 is 1.26 bits per heavy atom. The molecule has 1 N–H and O–H groups in total. The quantitative estimate of drug-likeness (QED) is 0.893. The van der Waals surface area contributed by atoms with Gasteiger partial charge in [0, 0.05) is 31.2 Å². The van der Waals surface area contributed by atoms with E-state index in [1.54, 1.807) is 0 Å². The summed E-state index contributed by atoms with van der Waals surface area (Å²) in [5, 5.41) is 3.60. The van der Waals surface area contributed by atoms with Crippen molar-refractivity contribution < 1.29 is 0 Å². The summed E-state index contributed by atoms with van der Waals surface area (Å²) in [6.07, 6.45) is 1.27. The smallest absolute Gasteiger partial charge is 0.0284 e. The van der Waals surface area contributed by atoms with Crippen LogP contribution >= 0.6 is 0 Å². The van der Waals surface area contributed by atoms with E-state index >= 15 is 0 Å². The van der Waals surface area contributed by atoms with Gasteiger partial charge in [0.2, 0.25) is 0 Å². The van der Waals surface area contributed by atoms with Crippen molar-refractivity contribution >= 4 is 0 Å². The summed E-state index contributed by atoms with van der Waals surface area (Å²) < 4.78 is 0. The Bertz CT molecular complexity index is 384. The van der Waals surface area contributed by atoms with Gasteiger partial charge in [-0.3, -0.25) is 4.90 Å². The third-order valence-electron chi connectivity index (χ3n) is 4.10. The van der Waals surface area contributed by atoms with Crippen molar-refractivity contribution in [2.24, 2.45) is 5.92 Å². The number of nitrogens with zero attached hydrogens (tertiary/aromatic N) is 1. The summed E-state index contributed by atoms with van der Waals surface area (Å²) in [6.45, 7) is 12.6. The zero-order valence-electron chi connectivity index (χ0n) is 12.8. The topological polar surface area (TPSA) is 15.3 Å². The van der Waals surface area contributed by atoms with Gasteiger partial charge >= 0.3 is 0 Å². The fourth-order valence-corrected chi connectivity index (χ4v) is 3.13. The maximum absolute atomic E-state index is 3.60. The minimum Gasteiger partial charge on any atom is -0.313 e. The van der Waals surface area contributed by atoms with E-state index in [0.29, 0.717) is 6.04 Å². The predicted molar refractivity (Wildman–Crippen MR) is 82.2 cm³/mol. The maximum Gasteiger partial charge on any atom is 0.0284 e. The molecule has 1 atom stereocenters. The number of hydrogen-bond acceptors (Lipinski definition) is 2. The van der Waals surface area contributed by atoms with E-state index in [0.717, 1.165) is 25.6 Å². The van der Waals surface area contributed by atoms with Crippen LogP contribution < -0.4 is 5.32 Å². The molecule has 2 nitrogen and oxygen atoms in total. The first-order chi connectivity index (χ1) is 8.99. The van der Waals surface area contributed by atoms with Crippen LogP contribution in [0.2, 0.25) is 0 Å². The van der Waals surface area contributed by atoms with Crippen LogP contribution in [-0.2, 0) is 6.54 Å². The normalized spacial score (nSPS) is 23.7. The highest BCUT2D eigenvalue weighted by molar-refractivity contribution is 5.15. The van der Waals surface area contributed by atoms with Crippen LogP contribution in [0.4, 0.5) is 0 Å². The predicted octanol–water partition coefficient (Wildman–Crippen LogP) is 3.29. The van der Waals surface area contributed by atoms with Crippen molar-refractivity contribution in [3.8, 4) is 0 Å². The van der Waals surface area contributed by atoms with Gasteiger partial charge in [0.25, 0.3) is 0 Å². The first kappa shape index (κ1) is 14.5. The molecule has 0 aliphatic carbocycles. The number of hydrogen-bond donors (Lipinski definition) is 1. The first-order valence-electron chi connectivity index (χ1n) is 7.50. The molecule has 1 fully saturated rings. The molecule has 1 aromatic rings. The van der Waals surface area contributed by atoms with E-state index in [1.807, 2.05) is 0 Å². The number of rotatable bonds is 4. The van der Waals surface area contributed by atoms with Gasteiger partial charge in [-0.1, -0.05) is 44.2 Å². The van der Waals surface area contributed by atoms with Crippen LogP contribution in [0.3, 0.4) is 0 Å². The second-order valence-corrected chi connectivity index (χ2v) is 6.84. The fourth-order valence-electron chi connectivity index (χ4n) is 3.13. The van der Waals surface area contributed by atoms with Gasteiger partial charge in [-0.2, -0.15) is 0 Å². The van der Waals surface area contributed by atoms with Gasteiger partial charge in [0.1, 0.15) is 0 Å². The zero-order valence-corrected chi connectivity index (χ0v) is 12.8. The van der Waals surface area contributed by atoms with Crippen LogP contribution in [0.5, 0.6) is 0 Å². The summed E-state index contributed by atoms with van der Waals surface area (Å²) >= 11 is 0. The zero-order chi connectivity index (χ0) is 13.9. The number of nitrogens with one attached hydrogen (secondary N) is 1. The molecule has 1 aliphatic rings. The van der Waals surface area contributed by atoms with Crippen molar-refractivity contribution in [1.29, 1.82) is 0 Å². The second-order valence-electron chi connectivity index (χ2n) is 6.84. The molecule has 106 valence electrons. The minimum absolute atomic E-state index is 0.230. The lowest BCUT2D eigenvalue weighted by atomic mass is 9.91. The van der Waals surface area contributed by atoms with Crippen molar-refractivity contribution in [3.05, 3.63) is 35.9 Å². The standard InChI is InChI=1S/C17H28N2/c1-14(2)10-16-11-18-13-17(3,4)19(16)12-15-8-6-5-7-9-15/h5-9,14,16,18H,10-13H2,1-4H3. The highest BCUT2D eigenvalue weighted by atomic mass is 15.3. The molecule has 1 aliphatic heterocycles. The van der Waals surface area contributed by atoms with E-state index in [4.69, 9.17) is 0 Å². The molecule has 0 amide bonds. The maximum atomic E-state index is 3.60. The Hall–Kier alpha value is -0.860. The van der Waals surface area contributed by atoms with E-state index in [9.17, 15) is 0 Å². The second kappa shape index (κ2) is 6.06. The Morgan fingerprint density at radius 3 is 2.58 bits per heavy atom. The molecule has 2 rings (SSSR count). The highest BCUT2D eigenvalue weighted by Crippen LogP contribution is 2.26. The Kier molecular flexibility index (Phi) is 4.64. The average Bonchev–Trinajstić information content (AvgIpc) is 2.34. The Labute approximate surface area is 118 Å². The minimum atomic E-state index is 0.230. The molecule has 1 aromatic carbocycles. The molecular weight excluding hydrogens is 232 g/mol. The molecule has 2 heteroatoms. The number of benzene rings is 1. The fraction of sp³-hybridized carbons (Fsp3) is 0.647. The van der Waals surface area contributed by atoms with Crippen LogP contribution in [0.1, 0.15) is 39.7 Å². The summed E-state index contributed by atoms with van der Waals surface area (Å²) in [7, 11) is 0. The SMILES string of the molecule is CC(C)CC1CNCC(C)(C)N1Cc1ccccc1. The monoisotopic (exact) mass is 260 g/mol. The molecule has 0 spiro atoms. The summed E-state index contributed by atoms with van der Waals surface area (Å²) in [5.74, 6) is 0.749. The molecular formula is C17H28N2. The van der Waals surface area contributed by atoms with Crippen LogP contribution in [-0.4, -0.2) is 29.6 Å².